The molecule has 0 bridgehead atoms. The first-order valence-corrected chi connectivity index (χ1v) is 13.7. The van der Waals surface area contributed by atoms with Crippen LogP contribution in [0.4, 0.5) is 0 Å². The molecule has 1 aromatic heterocycles. The maximum absolute atomic E-state index is 13.4. The molecule has 0 amide bonds. The quantitative estimate of drug-likeness (QED) is 0.183. The van der Waals surface area contributed by atoms with Crippen molar-refractivity contribution in [3.8, 4) is 11.5 Å². The molecule has 4 aromatic rings. The largest absolute Gasteiger partial charge is 0.493 e. The third-order valence-electron chi connectivity index (χ3n) is 6.08. The van der Waals surface area contributed by atoms with Crippen molar-refractivity contribution in [1.82, 2.24) is 9.66 Å². The summed E-state index contributed by atoms with van der Waals surface area (Å²) >= 11 is 13.7. The summed E-state index contributed by atoms with van der Waals surface area (Å²) in [7, 11) is 1.55. The van der Waals surface area contributed by atoms with Gasteiger partial charge in [-0.1, -0.05) is 71.2 Å². The summed E-state index contributed by atoms with van der Waals surface area (Å²) in [6.45, 7) is 6.44. The predicted molar refractivity (Wildman–Crippen MR) is 157 cm³/mol. The van der Waals surface area contributed by atoms with E-state index in [2.05, 4.69) is 37.0 Å². The van der Waals surface area contributed by atoms with Crippen molar-refractivity contribution in [2.75, 3.05) is 7.11 Å². The number of rotatable bonds is 8. The van der Waals surface area contributed by atoms with Gasteiger partial charge in [0.2, 0.25) is 0 Å². The molecule has 0 spiro atoms. The SMILES string of the molecule is CC[C@@H](C)c1nc2ccc(Br)cc2c(=O)n1N=Cc1cc(OC)c(OCc2ccc(C)cc2)c(Cl)c1Br. The summed E-state index contributed by atoms with van der Waals surface area (Å²) in [6.07, 6.45) is 2.38. The molecule has 9 heteroatoms. The van der Waals surface area contributed by atoms with Gasteiger partial charge in [-0.25, -0.2) is 4.98 Å². The lowest BCUT2D eigenvalue weighted by Crippen LogP contribution is -2.23. The van der Waals surface area contributed by atoms with E-state index < -0.39 is 0 Å². The van der Waals surface area contributed by atoms with Crippen molar-refractivity contribution >= 4 is 60.6 Å². The Morgan fingerprint density at radius 3 is 2.57 bits per heavy atom. The number of fused-ring (bicyclic) bond motifs is 1. The van der Waals surface area contributed by atoms with Gasteiger partial charge in [0.25, 0.3) is 5.56 Å². The van der Waals surface area contributed by atoms with Crippen LogP contribution >= 0.6 is 43.5 Å². The zero-order chi connectivity index (χ0) is 26.7. The molecule has 0 N–H and O–H groups in total. The Morgan fingerprint density at radius 2 is 1.89 bits per heavy atom. The lowest BCUT2D eigenvalue weighted by molar-refractivity contribution is 0.284. The highest BCUT2D eigenvalue weighted by Gasteiger charge is 2.19. The summed E-state index contributed by atoms with van der Waals surface area (Å²) in [5, 5.41) is 5.38. The minimum Gasteiger partial charge on any atom is -0.493 e. The van der Waals surface area contributed by atoms with Gasteiger partial charge in [0.15, 0.2) is 11.5 Å². The van der Waals surface area contributed by atoms with Crippen LogP contribution < -0.4 is 15.0 Å². The molecular formula is C28H26Br2ClN3O3. The van der Waals surface area contributed by atoms with E-state index in [1.165, 1.54) is 10.2 Å². The summed E-state index contributed by atoms with van der Waals surface area (Å²) < 4.78 is 14.3. The molecule has 6 nitrogen and oxygen atoms in total. The number of aromatic nitrogens is 2. The van der Waals surface area contributed by atoms with E-state index in [0.29, 0.717) is 49.9 Å². The number of halogens is 3. The fraction of sp³-hybridized carbons (Fsp3) is 0.250. The Morgan fingerprint density at radius 1 is 1.16 bits per heavy atom. The van der Waals surface area contributed by atoms with Gasteiger partial charge in [-0.05, 0) is 59.1 Å². The third kappa shape index (κ3) is 5.92. The van der Waals surface area contributed by atoms with Crippen molar-refractivity contribution in [1.29, 1.82) is 0 Å². The number of ether oxygens (including phenoxy) is 2. The van der Waals surface area contributed by atoms with E-state index >= 15 is 0 Å². The second kappa shape index (κ2) is 11.8. The molecule has 0 unspecified atom stereocenters. The third-order valence-corrected chi connectivity index (χ3v) is 8.01. The summed E-state index contributed by atoms with van der Waals surface area (Å²) in [4.78, 5) is 18.2. The molecule has 0 saturated heterocycles. The van der Waals surface area contributed by atoms with Crippen LogP contribution in [0.15, 0.2) is 67.4 Å². The summed E-state index contributed by atoms with van der Waals surface area (Å²) in [5.41, 5.74) is 3.20. The van der Waals surface area contributed by atoms with Gasteiger partial charge >= 0.3 is 0 Å². The molecule has 37 heavy (non-hydrogen) atoms. The second-order valence-electron chi connectivity index (χ2n) is 8.70. The highest BCUT2D eigenvalue weighted by molar-refractivity contribution is 9.10. The molecule has 0 saturated carbocycles. The molecule has 0 aliphatic heterocycles. The van der Waals surface area contributed by atoms with Crippen molar-refractivity contribution in [2.45, 2.75) is 39.7 Å². The lowest BCUT2D eigenvalue weighted by atomic mass is 10.1. The molecule has 192 valence electrons. The van der Waals surface area contributed by atoms with Gasteiger partial charge in [-0.15, -0.1) is 0 Å². The van der Waals surface area contributed by atoms with E-state index in [1.54, 1.807) is 25.5 Å². The first-order chi connectivity index (χ1) is 17.7. The van der Waals surface area contributed by atoms with Crippen LogP contribution in [0, 0.1) is 6.92 Å². The second-order valence-corrected chi connectivity index (χ2v) is 10.8. The monoisotopic (exact) mass is 645 g/mol. The average Bonchev–Trinajstić information content (AvgIpc) is 2.90. The predicted octanol–water partition coefficient (Wildman–Crippen LogP) is 7.87. The Hall–Kier alpha value is -2.68. The maximum atomic E-state index is 13.4. The van der Waals surface area contributed by atoms with E-state index in [9.17, 15) is 4.79 Å². The number of hydrogen-bond donors (Lipinski definition) is 0. The number of nitrogens with zero attached hydrogens (tertiary/aromatic N) is 3. The lowest BCUT2D eigenvalue weighted by Gasteiger charge is -2.16. The van der Waals surface area contributed by atoms with Crippen LogP contribution in [-0.2, 0) is 6.61 Å². The molecule has 0 radical (unpaired) electrons. The smallest absolute Gasteiger partial charge is 0.282 e. The van der Waals surface area contributed by atoms with Gasteiger partial charge in [0.1, 0.15) is 17.5 Å². The van der Waals surface area contributed by atoms with Gasteiger partial charge < -0.3 is 9.47 Å². The molecule has 1 heterocycles. The first-order valence-electron chi connectivity index (χ1n) is 11.7. The van der Waals surface area contributed by atoms with E-state index in [0.717, 1.165) is 16.5 Å². The van der Waals surface area contributed by atoms with Gasteiger partial charge in [0, 0.05) is 20.4 Å². The normalized spacial score (nSPS) is 12.3. The Bertz CT molecular complexity index is 1540. The molecule has 4 rings (SSSR count). The van der Waals surface area contributed by atoms with E-state index in [-0.39, 0.29) is 11.5 Å². The number of methoxy groups -OCH3 is 1. The molecule has 3 aromatic carbocycles. The molecule has 0 aliphatic carbocycles. The topological polar surface area (TPSA) is 65.7 Å². The van der Waals surface area contributed by atoms with Crippen LogP contribution in [0.3, 0.4) is 0 Å². The fourth-order valence-corrected chi connectivity index (χ4v) is 4.74. The first kappa shape index (κ1) is 27.4. The highest BCUT2D eigenvalue weighted by atomic mass is 79.9. The minimum absolute atomic E-state index is 0.0250. The van der Waals surface area contributed by atoms with Crippen LogP contribution in [0.25, 0.3) is 10.9 Å². The fourth-order valence-electron chi connectivity index (χ4n) is 3.72. The number of aryl methyl sites for hydroxylation is 1. The number of hydrogen-bond acceptors (Lipinski definition) is 5. The van der Waals surface area contributed by atoms with Crippen LogP contribution in [-0.4, -0.2) is 23.0 Å². The Balaban J connectivity index is 1.74. The highest BCUT2D eigenvalue weighted by Crippen LogP contribution is 2.42. The van der Waals surface area contributed by atoms with Crippen LogP contribution in [0.1, 0.15) is 48.7 Å². The van der Waals surface area contributed by atoms with Crippen LogP contribution in [0.5, 0.6) is 11.5 Å². The minimum atomic E-state index is -0.245. The van der Waals surface area contributed by atoms with Gasteiger partial charge in [0.05, 0.1) is 24.2 Å². The zero-order valence-corrected chi connectivity index (χ0v) is 24.8. The van der Waals surface area contributed by atoms with Gasteiger partial charge in [-0.3, -0.25) is 4.79 Å². The zero-order valence-electron chi connectivity index (χ0n) is 20.9. The molecule has 0 aliphatic rings. The van der Waals surface area contributed by atoms with E-state index in [4.69, 9.17) is 26.1 Å². The van der Waals surface area contributed by atoms with Crippen molar-refractivity contribution in [3.05, 3.63) is 95.4 Å². The van der Waals surface area contributed by atoms with Crippen molar-refractivity contribution in [2.24, 2.45) is 5.10 Å². The molecular weight excluding hydrogens is 622 g/mol. The molecule has 1 atom stereocenters. The Kier molecular flexibility index (Phi) is 8.72. The van der Waals surface area contributed by atoms with Crippen molar-refractivity contribution < 1.29 is 9.47 Å². The molecule has 0 fully saturated rings. The van der Waals surface area contributed by atoms with Crippen LogP contribution in [0.2, 0.25) is 5.02 Å². The standard InChI is InChI=1S/C28H26Br2ClN3O3/c1-5-17(3)27-33-22-11-10-20(29)13-21(22)28(35)34(27)32-14-19-12-23(36-4)26(25(31)24(19)30)37-15-18-8-6-16(2)7-9-18/h6-14,17H,5,15H2,1-4H3/t17-/m1/s1. The number of benzene rings is 3. The van der Waals surface area contributed by atoms with E-state index in [1.807, 2.05) is 57.2 Å². The summed E-state index contributed by atoms with van der Waals surface area (Å²) in [6, 6.07) is 15.3. The van der Waals surface area contributed by atoms with Crippen molar-refractivity contribution in [3.63, 3.8) is 0 Å². The Labute approximate surface area is 237 Å². The van der Waals surface area contributed by atoms with Gasteiger partial charge in [-0.2, -0.15) is 9.78 Å². The summed E-state index contributed by atoms with van der Waals surface area (Å²) in [5.74, 6) is 1.49. The maximum Gasteiger partial charge on any atom is 0.282 e. The average molecular weight is 648 g/mol.